The first kappa shape index (κ1) is 16.9. The minimum atomic E-state index is -4.92. The number of nitro benzene ring substituents is 1. The smallest absolute Gasteiger partial charge is 0.261 e. The molecule has 0 unspecified atom stereocenters. The Labute approximate surface area is 128 Å². The third-order valence-electron chi connectivity index (χ3n) is 2.82. The van der Waals surface area contributed by atoms with Crippen molar-refractivity contribution in [2.75, 3.05) is 0 Å². The Morgan fingerprint density at radius 2 is 1.52 bits per heavy atom. The monoisotopic (exact) mass is 347 g/mol. The van der Waals surface area contributed by atoms with Crippen LogP contribution in [0.2, 0.25) is 0 Å². The predicted octanol–water partition coefficient (Wildman–Crippen LogP) is 2.92. The van der Waals surface area contributed by atoms with Gasteiger partial charge < -0.3 is 0 Å². The topological polar surface area (TPSA) is 86.5 Å². The summed E-state index contributed by atoms with van der Waals surface area (Å²) in [5.41, 5.74) is -1.37. The van der Waals surface area contributed by atoms with Gasteiger partial charge in [0.25, 0.3) is 5.69 Å². The molecule has 0 N–H and O–H groups in total. The van der Waals surface area contributed by atoms with Crippen LogP contribution in [0.25, 0.3) is 0 Å². The summed E-state index contributed by atoms with van der Waals surface area (Å²) in [6, 6.07) is 5.21. The molecule has 0 bridgehead atoms. The summed E-state index contributed by atoms with van der Waals surface area (Å²) in [6.45, 7) is -1.08. The van der Waals surface area contributed by atoms with Crippen LogP contribution >= 0.6 is 0 Å². The highest BCUT2D eigenvalue weighted by molar-refractivity contribution is 7.86. The van der Waals surface area contributed by atoms with Crippen molar-refractivity contribution in [1.29, 1.82) is 0 Å². The Morgan fingerprint density at radius 3 is 2.09 bits per heavy atom. The van der Waals surface area contributed by atoms with Gasteiger partial charge in [0.1, 0.15) is 24.1 Å². The van der Waals surface area contributed by atoms with E-state index in [-0.39, 0.29) is 0 Å². The maximum absolute atomic E-state index is 13.6. The molecule has 0 amide bonds. The summed E-state index contributed by atoms with van der Waals surface area (Å²) in [6.07, 6.45) is 0. The minimum absolute atomic E-state index is 0.655. The van der Waals surface area contributed by atoms with Crippen LogP contribution in [0.4, 0.5) is 18.9 Å². The molecule has 0 aliphatic carbocycles. The number of hydrogen-bond acceptors (Lipinski definition) is 5. The number of benzene rings is 2. The van der Waals surface area contributed by atoms with Gasteiger partial charge in [-0.25, -0.2) is 13.2 Å². The average molecular weight is 347 g/mol. The molecule has 0 heterocycles. The van der Waals surface area contributed by atoms with Crippen LogP contribution in [-0.4, -0.2) is 13.3 Å². The quantitative estimate of drug-likeness (QED) is 0.471. The fourth-order valence-corrected chi connectivity index (χ4v) is 2.78. The van der Waals surface area contributed by atoms with E-state index >= 15 is 0 Å². The van der Waals surface area contributed by atoms with Gasteiger partial charge in [0.2, 0.25) is 0 Å². The molecule has 0 aromatic heterocycles. The lowest BCUT2D eigenvalue weighted by Gasteiger charge is -2.08. The molecule has 0 spiro atoms. The molecule has 122 valence electrons. The van der Waals surface area contributed by atoms with Crippen LogP contribution in [0.5, 0.6) is 0 Å². The Hall–Kier alpha value is -2.46. The zero-order valence-corrected chi connectivity index (χ0v) is 12.0. The number of rotatable bonds is 5. The number of halogens is 3. The largest absolute Gasteiger partial charge is 0.303 e. The van der Waals surface area contributed by atoms with Gasteiger partial charge in [-0.3, -0.25) is 14.3 Å². The van der Waals surface area contributed by atoms with Gasteiger partial charge in [-0.15, -0.1) is 0 Å². The molecular formula is C13H8F3NO5S. The van der Waals surface area contributed by atoms with Gasteiger partial charge in [0.15, 0.2) is 4.90 Å². The summed E-state index contributed by atoms with van der Waals surface area (Å²) < 4.78 is 68.6. The Bertz CT molecular complexity index is 850. The Morgan fingerprint density at radius 1 is 1.00 bits per heavy atom. The Kier molecular flexibility index (Phi) is 4.66. The third kappa shape index (κ3) is 3.48. The highest BCUT2D eigenvalue weighted by atomic mass is 32.2. The van der Waals surface area contributed by atoms with E-state index in [1.165, 1.54) is 0 Å². The number of nitro groups is 1. The first-order valence-corrected chi connectivity index (χ1v) is 7.40. The van der Waals surface area contributed by atoms with E-state index in [2.05, 4.69) is 4.18 Å². The van der Waals surface area contributed by atoms with Crippen molar-refractivity contribution in [3.05, 3.63) is 69.5 Å². The third-order valence-corrected chi connectivity index (χ3v) is 4.14. The summed E-state index contributed by atoms with van der Waals surface area (Å²) in [7, 11) is -4.92. The molecule has 23 heavy (non-hydrogen) atoms. The first-order valence-electron chi connectivity index (χ1n) is 5.99. The lowest BCUT2D eigenvalue weighted by atomic mass is 10.2. The standard InChI is InChI=1S/C13H8F3NO5S/c14-9-3-2-6-12(17(18)19)8(9)7-22-23(20,21)13-10(15)4-1-5-11(13)16/h1-6H,7H2. The van der Waals surface area contributed by atoms with Gasteiger partial charge in [-0.2, -0.15) is 8.42 Å². The summed E-state index contributed by atoms with van der Waals surface area (Å²) in [5.74, 6) is -3.87. The van der Waals surface area contributed by atoms with E-state index < -0.39 is 55.2 Å². The molecule has 2 rings (SSSR count). The highest BCUT2D eigenvalue weighted by Crippen LogP contribution is 2.26. The normalized spacial score (nSPS) is 11.4. The van der Waals surface area contributed by atoms with Gasteiger partial charge in [0, 0.05) is 6.07 Å². The van der Waals surface area contributed by atoms with Crippen molar-refractivity contribution in [2.45, 2.75) is 11.5 Å². The summed E-state index contributed by atoms with van der Waals surface area (Å²) >= 11 is 0. The lowest BCUT2D eigenvalue weighted by Crippen LogP contribution is -2.12. The van der Waals surface area contributed by atoms with Crippen molar-refractivity contribution in [1.82, 2.24) is 0 Å². The van der Waals surface area contributed by atoms with E-state index in [0.717, 1.165) is 24.3 Å². The van der Waals surface area contributed by atoms with Crippen LogP contribution in [-0.2, 0) is 20.9 Å². The molecule has 2 aromatic carbocycles. The molecule has 0 saturated carbocycles. The molecule has 0 saturated heterocycles. The number of hydrogen-bond donors (Lipinski definition) is 0. The molecule has 10 heteroatoms. The summed E-state index contributed by atoms with van der Waals surface area (Å²) in [4.78, 5) is 8.51. The van der Waals surface area contributed by atoms with Crippen molar-refractivity contribution < 1.29 is 30.7 Å². The Balaban J connectivity index is 2.36. The van der Waals surface area contributed by atoms with E-state index in [1.807, 2.05) is 0 Å². The van der Waals surface area contributed by atoms with Crippen LogP contribution in [0.1, 0.15) is 5.56 Å². The second-order valence-electron chi connectivity index (χ2n) is 4.26. The van der Waals surface area contributed by atoms with Crippen LogP contribution in [0, 0.1) is 27.6 Å². The SMILES string of the molecule is O=[N+]([O-])c1cccc(F)c1COS(=O)(=O)c1c(F)cccc1F. The lowest BCUT2D eigenvalue weighted by molar-refractivity contribution is -0.386. The fourth-order valence-electron chi connectivity index (χ4n) is 1.78. The molecule has 0 atom stereocenters. The molecular weight excluding hydrogens is 339 g/mol. The zero-order chi connectivity index (χ0) is 17.2. The van der Waals surface area contributed by atoms with Crippen LogP contribution in [0.15, 0.2) is 41.3 Å². The van der Waals surface area contributed by atoms with E-state index in [9.17, 15) is 31.7 Å². The second-order valence-corrected chi connectivity index (χ2v) is 5.81. The van der Waals surface area contributed by atoms with Crippen molar-refractivity contribution >= 4 is 15.8 Å². The minimum Gasteiger partial charge on any atom is -0.261 e. The maximum Gasteiger partial charge on any atom is 0.303 e. The predicted molar refractivity (Wildman–Crippen MR) is 71.4 cm³/mol. The van der Waals surface area contributed by atoms with Gasteiger partial charge >= 0.3 is 10.1 Å². The average Bonchev–Trinajstić information content (AvgIpc) is 2.45. The molecule has 0 fully saturated rings. The molecule has 6 nitrogen and oxygen atoms in total. The maximum atomic E-state index is 13.6. The first-order chi connectivity index (χ1) is 10.7. The van der Waals surface area contributed by atoms with Crippen molar-refractivity contribution in [3.8, 4) is 0 Å². The van der Waals surface area contributed by atoms with Crippen LogP contribution < -0.4 is 0 Å². The highest BCUT2D eigenvalue weighted by Gasteiger charge is 2.27. The zero-order valence-electron chi connectivity index (χ0n) is 11.2. The van der Waals surface area contributed by atoms with E-state index in [0.29, 0.717) is 12.1 Å². The molecule has 0 radical (unpaired) electrons. The summed E-state index contributed by atoms with van der Waals surface area (Å²) in [5, 5.41) is 10.8. The second kappa shape index (κ2) is 6.34. The number of nitrogens with zero attached hydrogens (tertiary/aromatic N) is 1. The molecule has 2 aromatic rings. The van der Waals surface area contributed by atoms with Crippen molar-refractivity contribution in [2.24, 2.45) is 0 Å². The van der Waals surface area contributed by atoms with Gasteiger partial charge in [-0.1, -0.05) is 12.1 Å². The van der Waals surface area contributed by atoms with E-state index in [1.54, 1.807) is 0 Å². The van der Waals surface area contributed by atoms with Gasteiger partial charge in [-0.05, 0) is 18.2 Å². The van der Waals surface area contributed by atoms with E-state index in [4.69, 9.17) is 0 Å². The molecule has 0 aliphatic heterocycles. The van der Waals surface area contributed by atoms with Crippen molar-refractivity contribution in [3.63, 3.8) is 0 Å². The molecule has 0 aliphatic rings. The van der Waals surface area contributed by atoms with Crippen LogP contribution in [0.3, 0.4) is 0 Å². The van der Waals surface area contributed by atoms with Gasteiger partial charge in [0.05, 0.1) is 10.5 Å². The fraction of sp³-hybridized carbons (Fsp3) is 0.0769.